The second-order valence-corrected chi connectivity index (χ2v) is 9.07. The highest BCUT2D eigenvalue weighted by molar-refractivity contribution is 6.06. The molecule has 9 nitrogen and oxygen atoms in total. The summed E-state index contributed by atoms with van der Waals surface area (Å²) in [6, 6.07) is 18.4. The van der Waals surface area contributed by atoms with Crippen LogP contribution in [0.5, 0.6) is 5.75 Å². The Bertz CT molecular complexity index is 1370. The Morgan fingerprint density at radius 2 is 1.89 bits per heavy atom. The van der Waals surface area contributed by atoms with Crippen LogP contribution in [0.2, 0.25) is 0 Å². The number of amides is 2. The van der Waals surface area contributed by atoms with Crippen LogP contribution >= 0.6 is 0 Å². The first-order valence-electron chi connectivity index (χ1n) is 12.6. The topological polar surface area (TPSA) is 135 Å². The molecule has 9 heteroatoms. The van der Waals surface area contributed by atoms with E-state index in [2.05, 4.69) is 22.5 Å². The number of rotatable bonds is 11. The first-order chi connectivity index (χ1) is 18.4. The number of benzene rings is 2. The van der Waals surface area contributed by atoms with E-state index in [1.54, 1.807) is 42.7 Å². The predicted molar refractivity (Wildman–Crippen MR) is 146 cm³/mol. The predicted octanol–water partition coefficient (Wildman–Crippen LogP) is 3.89. The number of hydrogen-bond acceptors (Lipinski definition) is 7. The summed E-state index contributed by atoms with van der Waals surface area (Å²) in [5, 5.41) is 19.9. The van der Waals surface area contributed by atoms with E-state index in [4.69, 9.17) is 10.8 Å². The minimum Gasteiger partial charge on any atom is -0.508 e. The van der Waals surface area contributed by atoms with E-state index in [0.29, 0.717) is 12.1 Å². The summed E-state index contributed by atoms with van der Waals surface area (Å²) in [6.45, 7) is 3.46. The quantitative estimate of drug-likeness (QED) is 0.239. The SMILES string of the molecule is CCCCn1nc(-c2cccnc2)cc1CNc1cccc(C(=O)NC(=O)[C@@H](N)Cc2ccc(O)cc2)c1. The summed E-state index contributed by atoms with van der Waals surface area (Å²) < 4.78 is 2.00. The van der Waals surface area contributed by atoms with Crippen molar-refractivity contribution in [1.29, 1.82) is 0 Å². The van der Waals surface area contributed by atoms with E-state index in [0.717, 1.165) is 47.6 Å². The number of carbonyl (C=O) groups is 2. The number of phenolic OH excluding ortho intramolecular Hbond substituents is 1. The molecule has 4 rings (SSSR count). The number of aryl methyl sites for hydroxylation is 1. The van der Waals surface area contributed by atoms with Gasteiger partial charge in [-0.15, -0.1) is 0 Å². The second kappa shape index (κ2) is 12.6. The van der Waals surface area contributed by atoms with Crippen molar-refractivity contribution < 1.29 is 14.7 Å². The molecule has 4 aromatic rings. The van der Waals surface area contributed by atoms with Crippen LogP contribution in [-0.2, 0) is 24.3 Å². The smallest absolute Gasteiger partial charge is 0.257 e. The van der Waals surface area contributed by atoms with E-state index >= 15 is 0 Å². The minimum absolute atomic E-state index is 0.134. The molecule has 38 heavy (non-hydrogen) atoms. The van der Waals surface area contributed by atoms with Crippen LogP contribution in [0.15, 0.2) is 79.1 Å². The third-order valence-electron chi connectivity index (χ3n) is 6.11. The van der Waals surface area contributed by atoms with Crippen molar-refractivity contribution in [2.24, 2.45) is 5.73 Å². The number of nitrogens with one attached hydrogen (secondary N) is 2. The molecule has 0 fully saturated rings. The molecule has 0 aliphatic rings. The molecule has 0 saturated heterocycles. The molecule has 2 heterocycles. The Balaban J connectivity index is 1.39. The van der Waals surface area contributed by atoms with Crippen LogP contribution in [0, 0.1) is 0 Å². The molecule has 2 amide bonds. The van der Waals surface area contributed by atoms with Gasteiger partial charge < -0.3 is 16.2 Å². The van der Waals surface area contributed by atoms with E-state index in [1.807, 2.05) is 28.9 Å². The maximum absolute atomic E-state index is 12.7. The zero-order valence-electron chi connectivity index (χ0n) is 21.3. The summed E-state index contributed by atoms with van der Waals surface area (Å²) in [7, 11) is 0. The van der Waals surface area contributed by atoms with Crippen LogP contribution in [0.1, 0.15) is 41.4 Å². The Labute approximate surface area is 221 Å². The van der Waals surface area contributed by atoms with Crippen LogP contribution < -0.4 is 16.4 Å². The molecule has 0 unspecified atom stereocenters. The minimum atomic E-state index is -0.901. The number of nitrogens with two attached hydrogens (primary N) is 1. The van der Waals surface area contributed by atoms with Crippen molar-refractivity contribution in [2.45, 2.75) is 45.3 Å². The zero-order valence-corrected chi connectivity index (χ0v) is 21.3. The number of unbranched alkanes of at least 4 members (excludes halogenated alkanes) is 1. The van der Waals surface area contributed by atoms with E-state index in [9.17, 15) is 14.7 Å². The number of aromatic hydroxyl groups is 1. The van der Waals surface area contributed by atoms with Crippen molar-refractivity contribution >= 4 is 17.5 Å². The van der Waals surface area contributed by atoms with Gasteiger partial charge in [-0.2, -0.15) is 5.10 Å². The van der Waals surface area contributed by atoms with Crippen molar-refractivity contribution in [2.75, 3.05) is 5.32 Å². The van der Waals surface area contributed by atoms with Crippen LogP contribution in [0.3, 0.4) is 0 Å². The van der Waals surface area contributed by atoms with Gasteiger partial charge in [-0.25, -0.2) is 0 Å². The molecule has 0 spiro atoms. The fourth-order valence-corrected chi connectivity index (χ4v) is 3.97. The Kier molecular flexibility index (Phi) is 8.84. The molecule has 196 valence electrons. The van der Waals surface area contributed by atoms with Crippen LogP contribution in [0.4, 0.5) is 5.69 Å². The van der Waals surface area contributed by atoms with Gasteiger partial charge in [0.15, 0.2) is 0 Å². The number of nitrogens with zero attached hydrogens (tertiary/aromatic N) is 3. The van der Waals surface area contributed by atoms with Gasteiger partial charge in [0.1, 0.15) is 5.75 Å². The first kappa shape index (κ1) is 26.6. The van der Waals surface area contributed by atoms with Gasteiger partial charge in [0, 0.05) is 35.8 Å². The van der Waals surface area contributed by atoms with Crippen LogP contribution in [-0.4, -0.2) is 37.7 Å². The largest absolute Gasteiger partial charge is 0.508 e. The van der Waals surface area contributed by atoms with Crippen molar-refractivity contribution in [1.82, 2.24) is 20.1 Å². The van der Waals surface area contributed by atoms with Gasteiger partial charge in [-0.1, -0.05) is 31.5 Å². The lowest BCUT2D eigenvalue weighted by molar-refractivity contribution is -0.121. The number of hydrogen-bond donors (Lipinski definition) is 4. The standard InChI is InChI=1S/C29H32N6O3/c1-2-3-14-35-24(17-27(34-35)22-7-5-13-31-18-22)19-32-23-8-4-6-21(16-23)28(37)33-29(38)26(30)15-20-9-11-25(36)12-10-20/h4-13,16-18,26,32,36H,2-3,14-15,19,30H2,1H3,(H,33,37,38)/t26-/m0/s1. The normalized spacial score (nSPS) is 11.6. The summed E-state index contributed by atoms with van der Waals surface area (Å²) in [4.78, 5) is 29.4. The van der Waals surface area contributed by atoms with Gasteiger partial charge in [0.2, 0.25) is 5.91 Å². The van der Waals surface area contributed by atoms with Gasteiger partial charge in [-0.3, -0.25) is 24.6 Å². The van der Waals surface area contributed by atoms with Gasteiger partial charge in [0.05, 0.1) is 24.0 Å². The average Bonchev–Trinajstić information content (AvgIpc) is 3.35. The van der Waals surface area contributed by atoms with E-state index in [-0.39, 0.29) is 12.2 Å². The van der Waals surface area contributed by atoms with Crippen LogP contribution in [0.25, 0.3) is 11.3 Å². The van der Waals surface area contributed by atoms with Crippen molar-refractivity contribution in [3.8, 4) is 17.0 Å². The van der Waals surface area contributed by atoms with E-state index in [1.165, 1.54) is 12.1 Å². The molecule has 2 aromatic heterocycles. The summed E-state index contributed by atoms with van der Waals surface area (Å²) in [5.41, 5.74) is 10.7. The monoisotopic (exact) mass is 512 g/mol. The third-order valence-corrected chi connectivity index (χ3v) is 6.11. The highest BCUT2D eigenvalue weighted by Crippen LogP contribution is 2.20. The van der Waals surface area contributed by atoms with Gasteiger partial charge in [0.25, 0.3) is 5.91 Å². The lowest BCUT2D eigenvalue weighted by atomic mass is 10.1. The number of pyridine rings is 1. The number of aromatic nitrogens is 3. The van der Waals surface area contributed by atoms with Crippen molar-refractivity contribution in [3.05, 3.63) is 95.9 Å². The highest BCUT2D eigenvalue weighted by atomic mass is 16.3. The maximum atomic E-state index is 12.7. The highest BCUT2D eigenvalue weighted by Gasteiger charge is 2.18. The molecular weight excluding hydrogens is 480 g/mol. The summed E-state index contributed by atoms with van der Waals surface area (Å²) in [6.07, 6.45) is 5.85. The lowest BCUT2D eigenvalue weighted by Gasteiger charge is -2.13. The summed E-state index contributed by atoms with van der Waals surface area (Å²) >= 11 is 0. The Hall–Kier alpha value is -4.50. The number of anilines is 1. The molecule has 0 saturated carbocycles. The molecule has 1 atom stereocenters. The zero-order chi connectivity index (χ0) is 26.9. The number of imide groups is 1. The van der Waals surface area contributed by atoms with Gasteiger partial charge >= 0.3 is 0 Å². The maximum Gasteiger partial charge on any atom is 0.257 e. The molecule has 0 radical (unpaired) electrons. The molecule has 5 N–H and O–H groups in total. The molecule has 0 bridgehead atoms. The average molecular weight is 513 g/mol. The molecule has 2 aromatic carbocycles. The third kappa shape index (κ3) is 7.04. The van der Waals surface area contributed by atoms with E-state index < -0.39 is 17.9 Å². The second-order valence-electron chi connectivity index (χ2n) is 9.07. The molecule has 0 aliphatic carbocycles. The van der Waals surface area contributed by atoms with Crippen molar-refractivity contribution in [3.63, 3.8) is 0 Å². The summed E-state index contributed by atoms with van der Waals surface area (Å²) in [5.74, 6) is -0.953. The first-order valence-corrected chi connectivity index (χ1v) is 12.6. The lowest BCUT2D eigenvalue weighted by Crippen LogP contribution is -2.44. The van der Waals surface area contributed by atoms with Gasteiger partial charge in [-0.05, 0) is 66.9 Å². The fourth-order valence-electron chi connectivity index (χ4n) is 3.97. The Morgan fingerprint density at radius 3 is 2.63 bits per heavy atom. The number of carbonyl (C=O) groups excluding carboxylic acids is 2. The molecule has 0 aliphatic heterocycles. The fraction of sp³-hybridized carbons (Fsp3) is 0.241. The Morgan fingerprint density at radius 1 is 1.08 bits per heavy atom. The number of phenols is 1. The molecular formula is C29H32N6O3.